The van der Waals surface area contributed by atoms with Crippen LogP contribution in [0.1, 0.15) is 200 Å². The quantitative estimate of drug-likeness (QED) is 0.0627. The lowest BCUT2D eigenvalue weighted by Gasteiger charge is -2.20. The van der Waals surface area contributed by atoms with Gasteiger partial charge in [-0.2, -0.15) is 0 Å². The van der Waals surface area contributed by atoms with Crippen LogP contribution in [0.15, 0.2) is 12.1 Å². The Morgan fingerprint density at radius 3 is 0.760 bits per heavy atom. The van der Waals surface area contributed by atoms with E-state index >= 15 is 0 Å². The van der Waals surface area contributed by atoms with Gasteiger partial charge < -0.3 is 18.9 Å². The average Bonchev–Trinajstić information content (AvgIpc) is 3.14. The molecule has 1 aromatic rings. The van der Waals surface area contributed by atoms with Gasteiger partial charge in [-0.15, -0.1) is 0 Å². The van der Waals surface area contributed by atoms with Gasteiger partial charge >= 0.3 is 23.9 Å². The summed E-state index contributed by atoms with van der Waals surface area (Å²) in [5, 5.41) is 0. The molecule has 4 atom stereocenters. The summed E-state index contributed by atoms with van der Waals surface area (Å²) in [7, 11) is 0. The fourth-order valence-electron chi connectivity index (χ4n) is 5.95. The van der Waals surface area contributed by atoms with Crippen molar-refractivity contribution < 1.29 is 38.1 Å². The van der Waals surface area contributed by atoms with Crippen LogP contribution in [0.4, 0.5) is 0 Å². The molecule has 0 heterocycles. The maximum absolute atomic E-state index is 13.7. The first-order valence-electron chi connectivity index (χ1n) is 20.0. The molecule has 0 unspecified atom stereocenters. The van der Waals surface area contributed by atoms with Gasteiger partial charge in [0, 0.05) is 0 Å². The number of hydrogen-bond acceptors (Lipinski definition) is 8. The first-order valence-corrected chi connectivity index (χ1v) is 20.0. The van der Waals surface area contributed by atoms with Crippen molar-refractivity contribution in [3.8, 4) is 0 Å². The van der Waals surface area contributed by atoms with Crippen molar-refractivity contribution in [2.75, 3.05) is 26.4 Å². The fraction of sp³-hybridized carbons (Fsp3) is 0.762. The van der Waals surface area contributed by atoms with Crippen LogP contribution in [0.3, 0.4) is 0 Å². The molecule has 8 heteroatoms. The highest BCUT2D eigenvalue weighted by atomic mass is 16.5. The van der Waals surface area contributed by atoms with Crippen LogP contribution in [0.2, 0.25) is 0 Å². The second-order valence-electron chi connectivity index (χ2n) is 14.0. The molecule has 50 heavy (non-hydrogen) atoms. The smallest absolute Gasteiger partial charge is 0.339 e. The van der Waals surface area contributed by atoms with Gasteiger partial charge in [-0.05, 0) is 61.5 Å². The zero-order valence-electron chi connectivity index (χ0n) is 32.9. The highest BCUT2D eigenvalue weighted by Crippen LogP contribution is 2.25. The third-order valence-electron chi connectivity index (χ3n) is 10.0. The van der Waals surface area contributed by atoms with Gasteiger partial charge in [0.1, 0.15) is 0 Å². The number of esters is 4. The lowest BCUT2D eigenvalue weighted by atomic mass is 9.96. The summed E-state index contributed by atoms with van der Waals surface area (Å²) in [6, 6.07) is 2.56. The normalized spacial score (nSPS) is 13.6. The maximum atomic E-state index is 13.7. The monoisotopic (exact) mass is 703 g/mol. The van der Waals surface area contributed by atoms with Crippen LogP contribution in [-0.4, -0.2) is 50.3 Å². The molecule has 0 amide bonds. The molecule has 0 N–H and O–H groups in total. The topological polar surface area (TPSA) is 105 Å². The predicted octanol–water partition coefficient (Wildman–Crippen LogP) is 11.2. The molecule has 0 radical (unpaired) electrons. The summed E-state index contributed by atoms with van der Waals surface area (Å²) in [5.74, 6) is -2.26. The van der Waals surface area contributed by atoms with Crippen LogP contribution in [-0.2, 0) is 18.9 Å². The van der Waals surface area contributed by atoms with E-state index in [1.165, 1.54) is 12.1 Å². The molecule has 0 saturated heterocycles. The third-order valence-corrected chi connectivity index (χ3v) is 10.0. The molecule has 0 fully saturated rings. The minimum Gasteiger partial charge on any atom is -0.462 e. The summed E-state index contributed by atoms with van der Waals surface area (Å²) in [4.78, 5) is 55.0. The molecule has 1 rings (SSSR count). The summed E-state index contributed by atoms with van der Waals surface area (Å²) < 4.78 is 23.1. The van der Waals surface area contributed by atoms with Gasteiger partial charge in [-0.1, -0.05) is 132 Å². The minimum atomic E-state index is -0.737. The molecule has 0 aromatic heterocycles. The van der Waals surface area contributed by atoms with Crippen molar-refractivity contribution in [2.45, 2.75) is 158 Å². The Balaban J connectivity index is 3.65. The van der Waals surface area contributed by atoms with Gasteiger partial charge in [0.05, 0.1) is 48.7 Å². The Kier molecular flexibility index (Phi) is 24.2. The number of rotatable bonds is 28. The summed E-state index contributed by atoms with van der Waals surface area (Å²) in [5.41, 5.74) is -0.452. The van der Waals surface area contributed by atoms with Crippen molar-refractivity contribution in [3.63, 3.8) is 0 Å². The zero-order chi connectivity index (χ0) is 37.3. The zero-order valence-corrected chi connectivity index (χ0v) is 32.9. The molecule has 8 nitrogen and oxygen atoms in total. The Bertz CT molecular complexity index is 959. The molecule has 0 aliphatic rings. The van der Waals surface area contributed by atoms with Gasteiger partial charge in [0.2, 0.25) is 0 Å². The molecule has 0 bridgehead atoms. The largest absolute Gasteiger partial charge is 0.462 e. The molecular formula is C42H70O8. The number of benzene rings is 1. The lowest BCUT2D eigenvalue weighted by molar-refractivity contribution is 0.0365. The first-order chi connectivity index (χ1) is 24.1. The maximum Gasteiger partial charge on any atom is 0.339 e. The van der Waals surface area contributed by atoms with Crippen molar-refractivity contribution in [1.29, 1.82) is 0 Å². The molecule has 0 aliphatic carbocycles. The van der Waals surface area contributed by atoms with E-state index in [1.807, 2.05) is 0 Å². The van der Waals surface area contributed by atoms with Crippen LogP contribution >= 0.6 is 0 Å². The van der Waals surface area contributed by atoms with Gasteiger partial charge in [-0.3, -0.25) is 0 Å². The van der Waals surface area contributed by atoms with E-state index in [9.17, 15) is 19.2 Å². The fourth-order valence-corrected chi connectivity index (χ4v) is 5.95. The van der Waals surface area contributed by atoms with Crippen LogP contribution in [0, 0.1) is 23.7 Å². The van der Waals surface area contributed by atoms with Crippen LogP contribution < -0.4 is 0 Å². The van der Waals surface area contributed by atoms with E-state index in [1.54, 1.807) is 0 Å². The van der Waals surface area contributed by atoms with E-state index < -0.39 is 23.9 Å². The van der Waals surface area contributed by atoms with Crippen molar-refractivity contribution >= 4 is 23.9 Å². The summed E-state index contributed by atoms with van der Waals surface area (Å²) in [6.45, 7) is 17.5. The summed E-state index contributed by atoms with van der Waals surface area (Å²) in [6.07, 6.45) is 15.3. The predicted molar refractivity (Wildman–Crippen MR) is 201 cm³/mol. The Hall–Kier alpha value is -2.90. The van der Waals surface area contributed by atoms with Crippen molar-refractivity contribution in [2.24, 2.45) is 23.7 Å². The van der Waals surface area contributed by atoms with E-state index in [2.05, 4.69) is 55.4 Å². The number of hydrogen-bond donors (Lipinski definition) is 0. The SMILES string of the molecule is CCCC[C@@H](CC)COC(=O)c1cc(C(=O)OC[C@@H](CC)CCCC)c(C(=O)OC[C@@H](CC)CCCC)cc1C(=O)OC[C@H](CC)CCCC. The number of ether oxygens (including phenoxy) is 4. The molecule has 1 aromatic carbocycles. The molecule has 0 spiro atoms. The van der Waals surface area contributed by atoms with Gasteiger partial charge in [-0.25, -0.2) is 19.2 Å². The molecular weight excluding hydrogens is 632 g/mol. The Morgan fingerprint density at radius 2 is 0.600 bits per heavy atom. The number of unbranched alkanes of at least 4 members (excludes halogenated alkanes) is 4. The highest BCUT2D eigenvalue weighted by molar-refractivity contribution is 6.10. The Labute approximate surface area is 304 Å². The second kappa shape index (κ2) is 26.8. The lowest BCUT2D eigenvalue weighted by Crippen LogP contribution is -2.24. The Morgan fingerprint density at radius 1 is 0.400 bits per heavy atom. The van der Waals surface area contributed by atoms with E-state index in [4.69, 9.17) is 18.9 Å². The average molecular weight is 703 g/mol. The summed E-state index contributed by atoms with van der Waals surface area (Å²) >= 11 is 0. The first kappa shape index (κ1) is 45.1. The van der Waals surface area contributed by atoms with E-state index in [-0.39, 0.29) is 72.4 Å². The molecule has 0 saturated carbocycles. The van der Waals surface area contributed by atoms with Crippen molar-refractivity contribution in [1.82, 2.24) is 0 Å². The molecule has 286 valence electrons. The standard InChI is InChI=1S/C42H70O8/c1-9-17-21-31(13-5)27-47-39(43)35-25-37(41(45)49-29-33(15-7)23-19-11-3)38(42(46)50-30-34(16-8)24-20-12-4)26-36(35)40(44)48-28-32(14-6)22-18-10-2/h25-26,31-34H,9-24,27-30H2,1-8H3/t31-,32-,33+,34+. The minimum absolute atomic E-state index is 0.113. The molecule has 0 aliphatic heterocycles. The third kappa shape index (κ3) is 16.4. The van der Waals surface area contributed by atoms with Crippen LogP contribution in [0.5, 0.6) is 0 Å². The van der Waals surface area contributed by atoms with Gasteiger partial charge in [0.25, 0.3) is 0 Å². The number of carbonyl (C=O) groups is 4. The van der Waals surface area contributed by atoms with Crippen LogP contribution in [0.25, 0.3) is 0 Å². The highest BCUT2D eigenvalue weighted by Gasteiger charge is 2.30. The van der Waals surface area contributed by atoms with E-state index in [0.717, 1.165) is 103 Å². The van der Waals surface area contributed by atoms with Gasteiger partial charge in [0.15, 0.2) is 0 Å². The van der Waals surface area contributed by atoms with Crippen molar-refractivity contribution in [3.05, 3.63) is 34.4 Å². The van der Waals surface area contributed by atoms with E-state index in [0.29, 0.717) is 0 Å². The second-order valence-corrected chi connectivity index (χ2v) is 14.0. The number of carbonyl (C=O) groups excluding carboxylic acids is 4.